The minimum Gasteiger partial charge on any atom is -0.339 e. The van der Waals surface area contributed by atoms with Crippen molar-refractivity contribution in [2.24, 2.45) is 5.73 Å². The van der Waals surface area contributed by atoms with Gasteiger partial charge in [-0.2, -0.15) is 0 Å². The Morgan fingerprint density at radius 2 is 1.79 bits per heavy atom. The lowest BCUT2D eigenvalue weighted by Gasteiger charge is -2.33. The molecule has 0 unspecified atom stereocenters. The van der Waals surface area contributed by atoms with E-state index in [-0.39, 0.29) is 18.2 Å². The van der Waals surface area contributed by atoms with Gasteiger partial charge in [-0.1, -0.05) is 0 Å². The number of rotatable bonds is 3. The van der Waals surface area contributed by atoms with Gasteiger partial charge < -0.3 is 10.6 Å². The van der Waals surface area contributed by atoms with Crippen LogP contribution in [-0.2, 0) is 9.59 Å². The molecule has 0 spiro atoms. The van der Waals surface area contributed by atoms with Gasteiger partial charge in [-0.15, -0.1) is 0 Å². The second kappa shape index (κ2) is 5.07. The van der Waals surface area contributed by atoms with Crippen LogP contribution in [-0.4, -0.2) is 60.8 Å². The second-order valence-electron chi connectivity index (χ2n) is 3.56. The fourth-order valence-electron chi connectivity index (χ4n) is 1.60. The number of ketones is 1. The fraction of sp³-hybridized carbons (Fsp3) is 0.778. The Hall–Kier alpha value is -0.940. The molecule has 0 aromatic rings. The third-order valence-electron chi connectivity index (χ3n) is 2.35. The van der Waals surface area contributed by atoms with Crippen LogP contribution in [0.1, 0.15) is 6.92 Å². The SMILES string of the molecule is CC(=O)CN1CCN(C(=O)CN)CC1. The lowest BCUT2D eigenvalue weighted by atomic mass is 10.3. The first-order valence-electron chi connectivity index (χ1n) is 4.83. The van der Waals surface area contributed by atoms with E-state index in [0.29, 0.717) is 19.6 Å². The number of carbonyl (C=O) groups excluding carboxylic acids is 2. The number of piperazine rings is 1. The van der Waals surface area contributed by atoms with Crippen molar-refractivity contribution in [1.82, 2.24) is 9.80 Å². The van der Waals surface area contributed by atoms with Gasteiger partial charge in [0.15, 0.2) is 0 Å². The molecule has 1 saturated heterocycles. The van der Waals surface area contributed by atoms with Crippen LogP contribution >= 0.6 is 0 Å². The van der Waals surface area contributed by atoms with Crippen LogP contribution in [0.3, 0.4) is 0 Å². The summed E-state index contributed by atoms with van der Waals surface area (Å²) < 4.78 is 0. The third kappa shape index (κ3) is 3.08. The van der Waals surface area contributed by atoms with Crippen LogP contribution in [0.15, 0.2) is 0 Å². The van der Waals surface area contributed by atoms with E-state index in [1.54, 1.807) is 11.8 Å². The predicted octanol–water partition coefficient (Wildman–Crippen LogP) is -1.32. The highest BCUT2D eigenvalue weighted by molar-refractivity contribution is 5.78. The monoisotopic (exact) mass is 199 g/mol. The highest BCUT2D eigenvalue weighted by atomic mass is 16.2. The molecule has 0 aliphatic carbocycles. The Balaban J connectivity index is 2.31. The Bertz CT molecular complexity index is 222. The molecule has 0 aromatic carbocycles. The van der Waals surface area contributed by atoms with E-state index in [2.05, 4.69) is 4.90 Å². The molecular weight excluding hydrogens is 182 g/mol. The predicted molar refractivity (Wildman–Crippen MR) is 52.8 cm³/mol. The molecular formula is C9H17N3O2. The summed E-state index contributed by atoms with van der Waals surface area (Å²) in [6.45, 7) is 5.05. The number of amides is 1. The maximum absolute atomic E-state index is 11.2. The molecule has 2 N–H and O–H groups in total. The van der Waals surface area contributed by atoms with Crippen LogP contribution < -0.4 is 5.73 Å². The fourth-order valence-corrected chi connectivity index (χ4v) is 1.60. The van der Waals surface area contributed by atoms with E-state index in [1.165, 1.54) is 0 Å². The van der Waals surface area contributed by atoms with Crippen LogP contribution in [0.25, 0.3) is 0 Å². The second-order valence-corrected chi connectivity index (χ2v) is 3.56. The Labute approximate surface area is 83.8 Å². The molecule has 0 bridgehead atoms. The highest BCUT2D eigenvalue weighted by Gasteiger charge is 2.20. The van der Waals surface area contributed by atoms with Crippen LogP contribution in [0.2, 0.25) is 0 Å². The van der Waals surface area contributed by atoms with Crippen molar-refractivity contribution in [2.45, 2.75) is 6.92 Å². The highest BCUT2D eigenvalue weighted by Crippen LogP contribution is 2.01. The number of Topliss-reactive ketones (excluding diaryl/α,β-unsaturated/α-hetero) is 1. The summed E-state index contributed by atoms with van der Waals surface area (Å²) in [6.07, 6.45) is 0. The van der Waals surface area contributed by atoms with Crippen molar-refractivity contribution in [3.05, 3.63) is 0 Å². The summed E-state index contributed by atoms with van der Waals surface area (Å²) in [5.74, 6) is 0.163. The minimum absolute atomic E-state index is 0.00697. The van der Waals surface area contributed by atoms with Crippen molar-refractivity contribution < 1.29 is 9.59 Å². The zero-order chi connectivity index (χ0) is 10.6. The maximum Gasteiger partial charge on any atom is 0.236 e. The molecule has 0 radical (unpaired) electrons. The molecule has 0 aromatic heterocycles. The Morgan fingerprint density at radius 3 is 2.21 bits per heavy atom. The standard InChI is InChI=1S/C9H17N3O2/c1-8(13)7-11-2-4-12(5-3-11)9(14)6-10/h2-7,10H2,1H3. The van der Waals surface area contributed by atoms with Crippen molar-refractivity contribution in [2.75, 3.05) is 39.3 Å². The molecule has 0 saturated carbocycles. The summed E-state index contributed by atoms with van der Waals surface area (Å²) in [5.41, 5.74) is 5.26. The van der Waals surface area contributed by atoms with E-state index < -0.39 is 0 Å². The summed E-state index contributed by atoms with van der Waals surface area (Å²) in [7, 11) is 0. The lowest BCUT2D eigenvalue weighted by molar-refractivity contribution is -0.131. The molecule has 1 heterocycles. The van der Waals surface area contributed by atoms with Gasteiger partial charge in [0.25, 0.3) is 0 Å². The van der Waals surface area contributed by atoms with Gasteiger partial charge in [-0.3, -0.25) is 14.5 Å². The maximum atomic E-state index is 11.2. The van der Waals surface area contributed by atoms with Crippen molar-refractivity contribution >= 4 is 11.7 Å². The van der Waals surface area contributed by atoms with Gasteiger partial charge in [-0.25, -0.2) is 0 Å². The van der Waals surface area contributed by atoms with Gasteiger partial charge in [0.1, 0.15) is 5.78 Å². The molecule has 1 aliphatic heterocycles. The van der Waals surface area contributed by atoms with E-state index in [1.807, 2.05) is 0 Å². The first-order chi connectivity index (χ1) is 6.63. The summed E-state index contributed by atoms with van der Waals surface area (Å²) in [6, 6.07) is 0. The van der Waals surface area contributed by atoms with Gasteiger partial charge in [0, 0.05) is 26.2 Å². The third-order valence-corrected chi connectivity index (χ3v) is 2.35. The van der Waals surface area contributed by atoms with E-state index in [4.69, 9.17) is 5.73 Å². The van der Waals surface area contributed by atoms with Gasteiger partial charge in [0.2, 0.25) is 5.91 Å². The molecule has 5 nitrogen and oxygen atoms in total. The van der Waals surface area contributed by atoms with Gasteiger partial charge in [0.05, 0.1) is 13.1 Å². The Kier molecular flexibility index (Phi) is 4.03. The average molecular weight is 199 g/mol. The number of nitrogens with two attached hydrogens (primary N) is 1. The van der Waals surface area contributed by atoms with Gasteiger partial charge >= 0.3 is 0 Å². The number of hydrogen-bond donors (Lipinski definition) is 1. The molecule has 5 heteroatoms. The first-order valence-corrected chi connectivity index (χ1v) is 4.83. The molecule has 1 rings (SSSR count). The Morgan fingerprint density at radius 1 is 1.21 bits per heavy atom. The topological polar surface area (TPSA) is 66.6 Å². The molecule has 14 heavy (non-hydrogen) atoms. The van der Waals surface area contributed by atoms with E-state index in [9.17, 15) is 9.59 Å². The number of hydrogen-bond acceptors (Lipinski definition) is 4. The summed E-state index contributed by atoms with van der Waals surface area (Å²) in [4.78, 5) is 25.9. The summed E-state index contributed by atoms with van der Waals surface area (Å²) in [5, 5.41) is 0. The molecule has 0 atom stereocenters. The number of nitrogens with zero attached hydrogens (tertiary/aromatic N) is 2. The zero-order valence-electron chi connectivity index (χ0n) is 8.53. The first kappa shape index (κ1) is 11.1. The quantitative estimate of drug-likeness (QED) is 0.612. The van der Waals surface area contributed by atoms with Crippen molar-refractivity contribution in [3.63, 3.8) is 0 Å². The van der Waals surface area contributed by atoms with Crippen molar-refractivity contribution in [3.8, 4) is 0 Å². The normalized spacial score (nSPS) is 18.3. The van der Waals surface area contributed by atoms with Gasteiger partial charge in [-0.05, 0) is 6.92 Å². The van der Waals surface area contributed by atoms with Crippen LogP contribution in [0, 0.1) is 0 Å². The molecule has 1 aliphatic rings. The van der Waals surface area contributed by atoms with E-state index in [0.717, 1.165) is 13.1 Å². The summed E-state index contributed by atoms with van der Waals surface area (Å²) >= 11 is 0. The lowest BCUT2D eigenvalue weighted by Crippen LogP contribution is -2.51. The average Bonchev–Trinajstić information content (AvgIpc) is 2.17. The van der Waals surface area contributed by atoms with Crippen LogP contribution in [0.5, 0.6) is 0 Å². The minimum atomic E-state index is -0.00697. The molecule has 1 fully saturated rings. The largest absolute Gasteiger partial charge is 0.339 e. The van der Waals surface area contributed by atoms with E-state index >= 15 is 0 Å². The van der Waals surface area contributed by atoms with Crippen LogP contribution in [0.4, 0.5) is 0 Å². The van der Waals surface area contributed by atoms with Crippen molar-refractivity contribution in [1.29, 1.82) is 0 Å². The molecule has 80 valence electrons. The number of carbonyl (C=O) groups is 2. The smallest absolute Gasteiger partial charge is 0.236 e. The molecule has 1 amide bonds. The zero-order valence-corrected chi connectivity index (χ0v) is 8.53.